The monoisotopic (exact) mass is 331 g/mol. The van der Waals surface area contributed by atoms with Crippen molar-refractivity contribution in [2.75, 3.05) is 11.9 Å². The van der Waals surface area contributed by atoms with Gasteiger partial charge in [0.05, 0.1) is 4.92 Å². The van der Waals surface area contributed by atoms with Gasteiger partial charge in [-0.15, -0.1) is 0 Å². The third-order valence-electron chi connectivity index (χ3n) is 2.94. The van der Waals surface area contributed by atoms with Crippen LogP contribution in [0, 0.1) is 10.1 Å². The molecule has 0 bridgehead atoms. The molecule has 0 saturated carbocycles. The first kappa shape index (κ1) is 16.9. The number of carbonyl (C=O) groups is 2. The van der Waals surface area contributed by atoms with Crippen molar-refractivity contribution in [3.8, 4) is 0 Å². The molecule has 2 rings (SSSR count). The minimum absolute atomic E-state index is 0.00262. The summed E-state index contributed by atoms with van der Waals surface area (Å²) in [6, 6.07) is 9.99. The van der Waals surface area contributed by atoms with Gasteiger partial charge in [0.25, 0.3) is 17.2 Å². The number of nitro benzene ring substituents is 1. The lowest BCUT2D eigenvalue weighted by atomic mass is 10.2. The van der Waals surface area contributed by atoms with Crippen LogP contribution >= 0.6 is 0 Å². The maximum absolute atomic E-state index is 11.7. The molecular weight excluding hydrogens is 318 g/mol. The van der Waals surface area contributed by atoms with E-state index in [-0.39, 0.29) is 23.5 Å². The van der Waals surface area contributed by atoms with E-state index >= 15 is 0 Å². The van der Waals surface area contributed by atoms with Crippen LogP contribution in [0.1, 0.15) is 0 Å². The van der Waals surface area contributed by atoms with Crippen LogP contribution in [0.2, 0.25) is 0 Å². The molecule has 0 saturated heterocycles. The van der Waals surface area contributed by atoms with E-state index < -0.39 is 23.4 Å². The summed E-state index contributed by atoms with van der Waals surface area (Å²) in [7, 11) is 0. The summed E-state index contributed by atoms with van der Waals surface area (Å²) in [4.78, 5) is 45.0. The zero-order valence-corrected chi connectivity index (χ0v) is 12.4. The van der Waals surface area contributed by atoms with E-state index in [9.17, 15) is 24.5 Å². The molecular formula is C15H13N3O6. The fourth-order valence-electron chi connectivity index (χ4n) is 1.85. The Morgan fingerprint density at radius 1 is 1.17 bits per heavy atom. The number of ether oxygens (including phenoxy) is 1. The molecule has 124 valence electrons. The standard InChI is InChI=1S/C15H13N3O6/c19-13(16-11-5-1-2-6-12(11)18(22)23)10-24-15(21)9-17-8-4-3-7-14(17)20/h1-8H,9-10H2,(H,16,19). The highest BCUT2D eigenvalue weighted by molar-refractivity contribution is 5.94. The third kappa shape index (κ3) is 4.50. The smallest absolute Gasteiger partial charge is 0.326 e. The van der Waals surface area contributed by atoms with Crippen molar-refractivity contribution < 1.29 is 19.2 Å². The lowest BCUT2D eigenvalue weighted by molar-refractivity contribution is -0.383. The minimum Gasteiger partial charge on any atom is -0.454 e. The summed E-state index contributed by atoms with van der Waals surface area (Å²) < 4.78 is 5.88. The average Bonchev–Trinajstić information content (AvgIpc) is 2.55. The number of hydrogen-bond donors (Lipinski definition) is 1. The van der Waals surface area contributed by atoms with Gasteiger partial charge in [0.15, 0.2) is 6.61 Å². The van der Waals surface area contributed by atoms with Gasteiger partial charge in [-0.1, -0.05) is 18.2 Å². The van der Waals surface area contributed by atoms with Crippen molar-refractivity contribution in [3.63, 3.8) is 0 Å². The molecule has 24 heavy (non-hydrogen) atoms. The molecule has 1 N–H and O–H groups in total. The lowest BCUT2D eigenvalue weighted by Gasteiger charge is -2.08. The summed E-state index contributed by atoms with van der Waals surface area (Å²) in [5.41, 5.74) is -0.644. The van der Waals surface area contributed by atoms with Crippen LogP contribution in [-0.4, -0.2) is 28.0 Å². The molecule has 2 aromatic rings. The Bertz CT molecular complexity index is 830. The summed E-state index contributed by atoms with van der Waals surface area (Å²) in [5, 5.41) is 13.1. The Labute approximate surface area is 135 Å². The Morgan fingerprint density at radius 2 is 1.88 bits per heavy atom. The van der Waals surface area contributed by atoms with E-state index in [1.54, 1.807) is 6.07 Å². The zero-order valence-electron chi connectivity index (χ0n) is 12.4. The first-order valence-electron chi connectivity index (χ1n) is 6.82. The van der Waals surface area contributed by atoms with Crippen LogP contribution < -0.4 is 10.9 Å². The van der Waals surface area contributed by atoms with Crippen LogP contribution in [0.15, 0.2) is 53.5 Å². The van der Waals surface area contributed by atoms with Crippen molar-refractivity contribution in [2.24, 2.45) is 0 Å². The Kier molecular flexibility index (Phi) is 5.40. The number of anilines is 1. The van der Waals surface area contributed by atoms with E-state index in [0.29, 0.717) is 0 Å². The summed E-state index contributed by atoms with van der Waals surface area (Å²) >= 11 is 0. The fraction of sp³-hybridized carbons (Fsp3) is 0.133. The maximum atomic E-state index is 11.7. The van der Waals surface area contributed by atoms with Crippen molar-refractivity contribution in [2.45, 2.75) is 6.54 Å². The quantitative estimate of drug-likeness (QED) is 0.478. The van der Waals surface area contributed by atoms with Crippen molar-refractivity contribution in [1.29, 1.82) is 0 Å². The highest BCUT2D eigenvalue weighted by Crippen LogP contribution is 2.22. The average molecular weight is 331 g/mol. The second kappa shape index (κ2) is 7.68. The molecule has 1 aromatic heterocycles. The number of rotatable bonds is 6. The molecule has 1 heterocycles. The number of hydrogen-bond acceptors (Lipinski definition) is 6. The molecule has 1 amide bonds. The van der Waals surface area contributed by atoms with Crippen molar-refractivity contribution >= 4 is 23.3 Å². The molecule has 0 fully saturated rings. The zero-order chi connectivity index (χ0) is 17.5. The molecule has 9 nitrogen and oxygen atoms in total. The highest BCUT2D eigenvalue weighted by atomic mass is 16.6. The topological polar surface area (TPSA) is 121 Å². The second-order valence-electron chi connectivity index (χ2n) is 4.65. The fourth-order valence-corrected chi connectivity index (χ4v) is 1.85. The lowest BCUT2D eigenvalue weighted by Crippen LogP contribution is -2.27. The van der Waals surface area contributed by atoms with E-state index in [1.807, 2.05) is 0 Å². The van der Waals surface area contributed by atoms with Crippen molar-refractivity contribution in [3.05, 3.63) is 69.1 Å². The number of nitro groups is 1. The van der Waals surface area contributed by atoms with Gasteiger partial charge in [0, 0.05) is 18.3 Å². The Hall–Kier alpha value is -3.49. The molecule has 1 aromatic carbocycles. The van der Waals surface area contributed by atoms with Gasteiger partial charge in [-0.25, -0.2) is 0 Å². The molecule has 0 spiro atoms. The summed E-state index contributed by atoms with van der Waals surface area (Å²) in [5.74, 6) is -1.50. The Balaban J connectivity index is 1.90. The van der Waals surface area contributed by atoms with Gasteiger partial charge in [0.1, 0.15) is 12.2 Å². The van der Waals surface area contributed by atoms with E-state index in [4.69, 9.17) is 4.74 Å². The number of pyridine rings is 1. The van der Waals surface area contributed by atoms with Gasteiger partial charge in [-0.3, -0.25) is 24.5 Å². The van der Waals surface area contributed by atoms with Gasteiger partial charge >= 0.3 is 5.97 Å². The molecule has 0 radical (unpaired) electrons. The van der Waals surface area contributed by atoms with E-state index in [2.05, 4.69) is 5.32 Å². The van der Waals surface area contributed by atoms with Crippen LogP contribution in [0.25, 0.3) is 0 Å². The highest BCUT2D eigenvalue weighted by Gasteiger charge is 2.15. The number of esters is 1. The second-order valence-corrected chi connectivity index (χ2v) is 4.65. The number of benzene rings is 1. The largest absolute Gasteiger partial charge is 0.454 e. The third-order valence-corrected chi connectivity index (χ3v) is 2.94. The summed E-state index contributed by atoms with van der Waals surface area (Å²) in [6.07, 6.45) is 1.41. The van der Waals surface area contributed by atoms with Crippen LogP contribution in [-0.2, 0) is 20.9 Å². The predicted octanol–water partition coefficient (Wildman–Crippen LogP) is 0.938. The Morgan fingerprint density at radius 3 is 2.58 bits per heavy atom. The van der Waals surface area contributed by atoms with E-state index in [1.165, 1.54) is 42.6 Å². The number of para-hydroxylation sites is 2. The SMILES string of the molecule is O=C(COC(=O)Cn1ccccc1=O)Nc1ccccc1[N+](=O)[O-]. The normalized spacial score (nSPS) is 10.0. The first-order chi connectivity index (χ1) is 11.5. The van der Waals surface area contributed by atoms with Crippen LogP contribution in [0.5, 0.6) is 0 Å². The molecule has 0 aliphatic carbocycles. The number of nitrogens with zero attached hydrogens (tertiary/aromatic N) is 2. The minimum atomic E-state index is -0.777. The summed E-state index contributed by atoms with van der Waals surface area (Å²) in [6.45, 7) is -0.953. The first-order valence-corrected chi connectivity index (χ1v) is 6.82. The van der Waals surface area contributed by atoms with Gasteiger partial charge < -0.3 is 14.6 Å². The predicted molar refractivity (Wildman–Crippen MR) is 83.4 cm³/mol. The number of carbonyl (C=O) groups excluding carboxylic acids is 2. The number of nitrogens with one attached hydrogen (secondary N) is 1. The van der Waals surface area contributed by atoms with Gasteiger partial charge in [-0.05, 0) is 12.1 Å². The van der Waals surface area contributed by atoms with Crippen LogP contribution in [0.3, 0.4) is 0 Å². The molecule has 0 aliphatic heterocycles. The number of amides is 1. The van der Waals surface area contributed by atoms with Gasteiger partial charge in [-0.2, -0.15) is 0 Å². The molecule has 0 aliphatic rings. The molecule has 9 heteroatoms. The molecule has 0 unspecified atom stereocenters. The van der Waals surface area contributed by atoms with Crippen LogP contribution in [0.4, 0.5) is 11.4 Å². The van der Waals surface area contributed by atoms with Crippen molar-refractivity contribution in [1.82, 2.24) is 4.57 Å². The van der Waals surface area contributed by atoms with E-state index in [0.717, 1.165) is 4.57 Å². The maximum Gasteiger partial charge on any atom is 0.326 e. The number of aromatic nitrogens is 1. The van der Waals surface area contributed by atoms with Gasteiger partial charge in [0.2, 0.25) is 0 Å². The molecule has 0 atom stereocenters.